The number of anilines is 4. The minimum Gasteiger partial charge on any atom is -0.478 e. The van der Waals surface area contributed by atoms with Crippen molar-refractivity contribution < 1.29 is 4.74 Å². The summed E-state index contributed by atoms with van der Waals surface area (Å²) >= 11 is 0. The van der Waals surface area contributed by atoms with Crippen molar-refractivity contribution in [2.75, 3.05) is 17.2 Å². The van der Waals surface area contributed by atoms with Gasteiger partial charge in [0, 0.05) is 42.1 Å². The Morgan fingerprint density at radius 3 is 2.78 bits per heavy atom. The number of rotatable bonds is 6. The molecule has 4 heterocycles. The van der Waals surface area contributed by atoms with E-state index in [2.05, 4.69) is 30.6 Å². The van der Waals surface area contributed by atoms with E-state index in [0.29, 0.717) is 30.1 Å². The Morgan fingerprint density at radius 2 is 1.93 bits per heavy atom. The van der Waals surface area contributed by atoms with Gasteiger partial charge in [-0.15, -0.1) is 0 Å². The molecule has 4 rings (SSSR count). The summed E-state index contributed by atoms with van der Waals surface area (Å²) in [5.41, 5.74) is 2.63. The molecule has 0 fully saturated rings. The molecule has 2 N–H and O–H groups in total. The molecule has 0 unspecified atom stereocenters. The van der Waals surface area contributed by atoms with E-state index in [0.717, 1.165) is 17.0 Å². The highest BCUT2D eigenvalue weighted by Gasteiger charge is 2.08. The van der Waals surface area contributed by atoms with Crippen LogP contribution in [0.15, 0.2) is 55.0 Å². The van der Waals surface area contributed by atoms with Crippen LogP contribution in [0.1, 0.15) is 12.6 Å². The van der Waals surface area contributed by atoms with Gasteiger partial charge in [0.15, 0.2) is 0 Å². The fraction of sp³-hybridized carbons (Fsp3) is 0.158. The number of nitrogens with one attached hydrogen (secondary N) is 2. The van der Waals surface area contributed by atoms with E-state index in [9.17, 15) is 0 Å². The van der Waals surface area contributed by atoms with E-state index >= 15 is 0 Å². The minimum atomic E-state index is 0.406. The van der Waals surface area contributed by atoms with Crippen LogP contribution in [0.5, 0.6) is 5.88 Å². The number of fused-ring (bicyclic) bond motifs is 1. The molecule has 0 bridgehead atoms. The Hall–Kier alpha value is -3.68. The van der Waals surface area contributed by atoms with Crippen molar-refractivity contribution in [3.8, 4) is 5.88 Å². The van der Waals surface area contributed by atoms with Crippen LogP contribution >= 0.6 is 0 Å². The van der Waals surface area contributed by atoms with Crippen molar-refractivity contribution in [2.45, 2.75) is 13.8 Å². The molecule has 4 aromatic heterocycles. The normalized spacial score (nSPS) is 10.7. The van der Waals surface area contributed by atoms with Crippen molar-refractivity contribution >= 4 is 28.9 Å². The summed E-state index contributed by atoms with van der Waals surface area (Å²) in [4.78, 5) is 17.6. The molecule has 0 saturated carbocycles. The lowest BCUT2D eigenvalue weighted by Crippen LogP contribution is -2.05. The molecule has 0 spiro atoms. The maximum atomic E-state index is 5.58. The van der Waals surface area contributed by atoms with Crippen molar-refractivity contribution in [1.82, 2.24) is 24.3 Å². The lowest BCUT2D eigenvalue weighted by molar-refractivity contribution is 0.327. The number of imidazole rings is 1. The second kappa shape index (κ2) is 7.28. The van der Waals surface area contributed by atoms with Crippen LogP contribution in [0.25, 0.3) is 5.65 Å². The first kappa shape index (κ1) is 16.8. The Balaban J connectivity index is 1.63. The van der Waals surface area contributed by atoms with E-state index in [4.69, 9.17) is 4.74 Å². The quantitative estimate of drug-likeness (QED) is 0.541. The third-order valence-electron chi connectivity index (χ3n) is 3.79. The Kier molecular flexibility index (Phi) is 4.52. The van der Waals surface area contributed by atoms with Crippen LogP contribution in [0, 0.1) is 6.92 Å². The van der Waals surface area contributed by atoms with Gasteiger partial charge in [-0.05, 0) is 32.0 Å². The standard InChI is InChI=1S/C19H19N7O/c1-3-27-18-12-16(22-14-7-9-26-10-8-20-17(26)11-14)24-19(25-18)23-15-6-4-5-13(2)21-15/h4-12H,3H2,1-2H3,(H2,21,22,23,24,25). The zero-order valence-electron chi connectivity index (χ0n) is 15.0. The number of aromatic nitrogens is 5. The number of ether oxygens (including phenoxy) is 1. The average molecular weight is 361 g/mol. The van der Waals surface area contributed by atoms with Crippen molar-refractivity contribution in [1.29, 1.82) is 0 Å². The maximum Gasteiger partial charge on any atom is 0.233 e. The molecule has 0 amide bonds. The van der Waals surface area contributed by atoms with Crippen LogP contribution in [0.3, 0.4) is 0 Å². The van der Waals surface area contributed by atoms with Crippen molar-refractivity contribution in [3.63, 3.8) is 0 Å². The van der Waals surface area contributed by atoms with E-state index in [1.165, 1.54) is 0 Å². The first-order chi connectivity index (χ1) is 13.2. The van der Waals surface area contributed by atoms with Gasteiger partial charge >= 0.3 is 0 Å². The van der Waals surface area contributed by atoms with Crippen molar-refractivity contribution in [3.05, 3.63) is 60.7 Å². The molecule has 0 aromatic carbocycles. The van der Waals surface area contributed by atoms with Crippen LogP contribution in [0.4, 0.5) is 23.3 Å². The summed E-state index contributed by atoms with van der Waals surface area (Å²) in [5.74, 6) is 2.17. The molecule has 0 aliphatic rings. The molecule has 0 radical (unpaired) electrons. The number of pyridine rings is 2. The fourth-order valence-electron chi connectivity index (χ4n) is 2.63. The molecule has 0 aliphatic carbocycles. The molecule has 8 nitrogen and oxygen atoms in total. The summed E-state index contributed by atoms with van der Waals surface area (Å²) < 4.78 is 7.51. The predicted molar refractivity (Wildman–Crippen MR) is 104 cm³/mol. The molecule has 0 atom stereocenters. The summed E-state index contributed by atoms with van der Waals surface area (Å²) in [7, 11) is 0. The second-order valence-corrected chi connectivity index (χ2v) is 5.87. The highest BCUT2D eigenvalue weighted by Crippen LogP contribution is 2.22. The van der Waals surface area contributed by atoms with Crippen LogP contribution in [-0.4, -0.2) is 30.9 Å². The maximum absolute atomic E-state index is 5.58. The van der Waals surface area contributed by atoms with E-state index in [-0.39, 0.29) is 0 Å². The van der Waals surface area contributed by atoms with Gasteiger partial charge in [0.1, 0.15) is 17.3 Å². The molecular weight excluding hydrogens is 342 g/mol. The van der Waals surface area contributed by atoms with Gasteiger partial charge in [-0.3, -0.25) is 0 Å². The van der Waals surface area contributed by atoms with E-state index in [1.54, 1.807) is 12.3 Å². The monoisotopic (exact) mass is 361 g/mol. The molecule has 4 aromatic rings. The van der Waals surface area contributed by atoms with Gasteiger partial charge in [0.25, 0.3) is 0 Å². The number of aryl methyl sites for hydroxylation is 1. The van der Waals surface area contributed by atoms with Crippen molar-refractivity contribution in [2.24, 2.45) is 0 Å². The lowest BCUT2D eigenvalue weighted by Gasteiger charge is -2.11. The number of hydrogen-bond donors (Lipinski definition) is 2. The summed E-state index contributed by atoms with van der Waals surface area (Å²) in [5, 5.41) is 6.40. The first-order valence-corrected chi connectivity index (χ1v) is 8.62. The molecule has 0 saturated heterocycles. The van der Waals surface area contributed by atoms with Gasteiger partial charge in [-0.2, -0.15) is 9.97 Å². The smallest absolute Gasteiger partial charge is 0.233 e. The topological polar surface area (TPSA) is 89.3 Å². The predicted octanol–water partition coefficient (Wildman–Crippen LogP) is 3.71. The SMILES string of the molecule is CCOc1cc(Nc2ccn3ccnc3c2)nc(Nc2cccc(C)n2)n1. The minimum absolute atomic E-state index is 0.406. The molecular formula is C19H19N7O. The largest absolute Gasteiger partial charge is 0.478 e. The van der Waals surface area contributed by atoms with Crippen LogP contribution in [0.2, 0.25) is 0 Å². The van der Waals surface area contributed by atoms with Gasteiger partial charge in [0.05, 0.1) is 6.61 Å². The molecule has 8 heteroatoms. The second-order valence-electron chi connectivity index (χ2n) is 5.87. The highest BCUT2D eigenvalue weighted by atomic mass is 16.5. The van der Waals surface area contributed by atoms with E-state index < -0.39 is 0 Å². The van der Waals surface area contributed by atoms with Crippen LogP contribution < -0.4 is 15.4 Å². The lowest BCUT2D eigenvalue weighted by atomic mass is 10.4. The summed E-state index contributed by atoms with van der Waals surface area (Å²) in [6, 6.07) is 11.4. The van der Waals surface area contributed by atoms with Gasteiger partial charge in [-0.25, -0.2) is 9.97 Å². The summed E-state index contributed by atoms with van der Waals surface area (Å²) in [6.45, 7) is 4.36. The Labute approximate surface area is 156 Å². The Morgan fingerprint density at radius 1 is 1.00 bits per heavy atom. The molecule has 27 heavy (non-hydrogen) atoms. The van der Waals surface area contributed by atoms with Gasteiger partial charge in [0.2, 0.25) is 11.8 Å². The molecule has 0 aliphatic heterocycles. The molecule has 136 valence electrons. The Bertz CT molecular complexity index is 1080. The first-order valence-electron chi connectivity index (χ1n) is 8.62. The van der Waals surface area contributed by atoms with E-state index in [1.807, 2.05) is 61.0 Å². The third-order valence-corrected chi connectivity index (χ3v) is 3.79. The van der Waals surface area contributed by atoms with Gasteiger partial charge < -0.3 is 19.8 Å². The van der Waals surface area contributed by atoms with Crippen LogP contribution in [-0.2, 0) is 0 Å². The zero-order valence-corrected chi connectivity index (χ0v) is 15.0. The number of nitrogens with zero attached hydrogens (tertiary/aromatic N) is 5. The number of hydrogen-bond acceptors (Lipinski definition) is 7. The summed E-state index contributed by atoms with van der Waals surface area (Å²) in [6.07, 6.45) is 5.59. The average Bonchev–Trinajstić information content (AvgIpc) is 3.09. The highest BCUT2D eigenvalue weighted by molar-refractivity contribution is 5.63. The fourth-order valence-corrected chi connectivity index (χ4v) is 2.63. The zero-order chi connectivity index (χ0) is 18.6. The van der Waals surface area contributed by atoms with Gasteiger partial charge in [-0.1, -0.05) is 6.07 Å². The third kappa shape index (κ3) is 3.95.